The van der Waals surface area contributed by atoms with Crippen molar-refractivity contribution in [2.24, 2.45) is 0 Å². The number of fused-ring (bicyclic) bond motifs is 1. The third kappa shape index (κ3) is 4.47. The fraction of sp³-hybridized carbons (Fsp3) is 0.222. The largest absolute Gasteiger partial charge is 0.489 e. The van der Waals surface area contributed by atoms with Crippen LogP contribution >= 0.6 is 11.6 Å². The molecule has 36 heavy (non-hydrogen) atoms. The lowest BCUT2D eigenvalue weighted by molar-refractivity contribution is -0.127. The number of amides is 1. The van der Waals surface area contributed by atoms with Crippen LogP contribution in [0.5, 0.6) is 5.75 Å². The van der Waals surface area contributed by atoms with Gasteiger partial charge in [0.2, 0.25) is 5.91 Å². The molecule has 4 aromatic rings. The van der Waals surface area contributed by atoms with Crippen molar-refractivity contribution in [1.29, 1.82) is 0 Å². The number of anilines is 1. The molecule has 0 spiro atoms. The summed E-state index contributed by atoms with van der Waals surface area (Å²) in [6, 6.07) is 16.4. The normalized spacial score (nSPS) is 15.7. The Balaban J connectivity index is 1.48. The van der Waals surface area contributed by atoms with Crippen LogP contribution in [0.4, 0.5) is 5.82 Å². The Kier molecular flexibility index (Phi) is 6.52. The number of nitrogen functional groups attached to an aromatic ring is 1. The number of piperidine rings is 1. The van der Waals surface area contributed by atoms with Gasteiger partial charge in [0, 0.05) is 24.3 Å². The number of nitrogens with zero attached hydrogens (tertiary/aromatic N) is 4. The van der Waals surface area contributed by atoms with Gasteiger partial charge in [-0.1, -0.05) is 30.3 Å². The standard InChI is InChI=1S/C27H26ClN5O3/c1-2-24(34)31-15-3-4-21(16-31)32-23-13-14-30-26(29)25(23)33(27(32)35)20-9-11-22(12-10-20)36-17-18-5-7-19(28)8-6-18/h2,5-14,21H,1,3-4,15-17H2,(H2,29,30)/t21-/m1/s1. The summed E-state index contributed by atoms with van der Waals surface area (Å²) in [6.45, 7) is 5.07. The minimum atomic E-state index is -0.225. The summed E-state index contributed by atoms with van der Waals surface area (Å²) in [6.07, 6.45) is 4.48. The lowest BCUT2D eigenvalue weighted by atomic mass is 10.1. The SMILES string of the molecule is C=CC(=O)N1CCC[C@@H](n2c(=O)n(-c3ccc(OCc4ccc(Cl)cc4)cc3)c3c(N)nccc32)C1. The topological polar surface area (TPSA) is 95.4 Å². The molecule has 5 rings (SSSR count). The molecular weight excluding hydrogens is 478 g/mol. The number of pyridine rings is 1. The summed E-state index contributed by atoms with van der Waals surface area (Å²) in [5.41, 5.74) is 8.92. The van der Waals surface area contributed by atoms with Crippen molar-refractivity contribution in [2.45, 2.75) is 25.5 Å². The van der Waals surface area contributed by atoms with E-state index in [1.807, 2.05) is 48.5 Å². The van der Waals surface area contributed by atoms with Gasteiger partial charge in [-0.2, -0.15) is 0 Å². The second-order valence-electron chi connectivity index (χ2n) is 8.75. The van der Waals surface area contributed by atoms with Crippen molar-refractivity contribution in [3.63, 3.8) is 0 Å². The van der Waals surface area contributed by atoms with E-state index < -0.39 is 0 Å². The molecule has 1 fully saturated rings. The molecule has 8 nitrogen and oxygen atoms in total. The zero-order valence-corrected chi connectivity index (χ0v) is 20.4. The first kappa shape index (κ1) is 23.7. The Morgan fingerprint density at radius 3 is 2.64 bits per heavy atom. The van der Waals surface area contributed by atoms with Crippen molar-refractivity contribution >= 4 is 34.4 Å². The minimum Gasteiger partial charge on any atom is -0.489 e. The van der Waals surface area contributed by atoms with Crippen molar-refractivity contribution in [3.8, 4) is 11.4 Å². The van der Waals surface area contributed by atoms with Crippen LogP contribution in [-0.2, 0) is 11.4 Å². The number of aromatic nitrogens is 3. The molecule has 184 valence electrons. The first-order valence-electron chi connectivity index (χ1n) is 11.7. The summed E-state index contributed by atoms with van der Waals surface area (Å²) in [7, 11) is 0. The Bertz CT molecular complexity index is 1470. The van der Waals surface area contributed by atoms with Crippen LogP contribution < -0.4 is 16.2 Å². The zero-order valence-electron chi connectivity index (χ0n) is 19.6. The second kappa shape index (κ2) is 9.91. The number of imidazole rings is 1. The van der Waals surface area contributed by atoms with E-state index in [0.29, 0.717) is 47.2 Å². The predicted octanol–water partition coefficient (Wildman–Crippen LogP) is 4.35. The molecule has 0 unspecified atom stereocenters. The maximum Gasteiger partial charge on any atom is 0.334 e. The molecule has 1 atom stereocenters. The number of benzene rings is 2. The molecule has 0 saturated carbocycles. The number of ether oxygens (including phenoxy) is 1. The molecule has 1 aliphatic rings. The number of rotatable bonds is 6. The second-order valence-corrected chi connectivity index (χ2v) is 9.18. The third-order valence-electron chi connectivity index (χ3n) is 6.47. The quantitative estimate of drug-likeness (QED) is 0.395. The highest BCUT2D eigenvalue weighted by atomic mass is 35.5. The molecule has 3 heterocycles. The van der Waals surface area contributed by atoms with E-state index in [-0.39, 0.29) is 23.5 Å². The van der Waals surface area contributed by atoms with Crippen LogP contribution in [0.3, 0.4) is 0 Å². The van der Waals surface area contributed by atoms with Crippen molar-refractivity contribution in [1.82, 2.24) is 19.0 Å². The lowest BCUT2D eigenvalue weighted by Gasteiger charge is -2.32. The van der Waals surface area contributed by atoms with Gasteiger partial charge in [0.15, 0.2) is 0 Å². The molecule has 1 amide bonds. The van der Waals surface area contributed by atoms with Gasteiger partial charge >= 0.3 is 5.69 Å². The van der Waals surface area contributed by atoms with E-state index in [4.69, 9.17) is 22.1 Å². The zero-order chi connectivity index (χ0) is 25.2. The van der Waals surface area contributed by atoms with Gasteiger partial charge in [0.25, 0.3) is 0 Å². The van der Waals surface area contributed by atoms with Gasteiger partial charge in [-0.3, -0.25) is 13.9 Å². The van der Waals surface area contributed by atoms with E-state index in [1.54, 1.807) is 26.3 Å². The summed E-state index contributed by atoms with van der Waals surface area (Å²) in [4.78, 5) is 32.0. The van der Waals surface area contributed by atoms with E-state index in [2.05, 4.69) is 11.6 Å². The van der Waals surface area contributed by atoms with Crippen LogP contribution in [-0.4, -0.2) is 38.0 Å². The van der Waals surface area contributed by atoms with E-state index in [0.717, 1.165) is 18.4 Å². The van der Waals surface area contributed by atoms with Crippen LogP contribution in [0, 0.1) is 0 Å². The number of likely N-dealkylation sites (tertiary alicyclic amines) is 1. The third-order valence-corrected chi connectivity index (χ3v) is 6.73. The van der Waals surface area contributed by atoms with Gasteiger partial charge in [-0.05, 0) is 66.9 Å². The van der Waals surface area contributed by atoms with Crippen LogP contribution in [0.1, 0.15) is 24.4 Å². The highest BCUT2D eigenvalue weighted by Crippen LogP contribution is 2.29. The Morgan fingerprint density at radius 1 is 1.17 bits per heavy atom. The van der Waals surface area contributed by atoms with Crippen molar-refractivity contribution in [3.05, 3.63) is 94.5 Å². The van der Waals surface area contributed by atoms with Gasteiger partial charge in [0.1, 0.15) is 23.7 Å². The summed E-state index contributed by atoms with van der Waals surface area (Å²) < 4.78 is 9.21. The molecule has 2 N–H and O–H groups in total. The number of hydrogen-bond donors (Lipinski definition) is 1. The first-order chi connectivity index (χ1) is 17.5. The van der Waals surface area contributed by atoms with Gasteiger partial charge in [-0.15, -0.1) is 0 Å². The fourth-order valence-electron chi connectivity index (χ4n) is 4.72. The molecule has 2 aromatic carbocycles. The molecule has 2 aromatic heterocycles. The Labute approximate surface area is 213 Å². The Hall–Kier alpha value is -4.04. The molecule has 1 aliphatic heterocycles. The highest BCUT2D eigenvalue weighted by molar-refractivity contribution is 6.30. The first-order valence-corrected chi connectivity index (χ1v) is 12.1. The van der Waals surface area contributed by atoms with Crippen LogP contribution in [0.2, 0.25) is 5.02 Å². The maximum absolute atomic E-state index is 13.8. The smallest absolute Gasteiger partial charge is 0.334 e. The molecule has 0 bridgehead atoms. The summed E-state index contributed by atoms with van der Waals surface area (Å²) in [5.74, 6) is 0.801. The number of hydrogen-bond acceptors (Lipinski definition) is 5. The van der Waals surface area contributed by atoms with Gasteiger partial charge in [0.05, 0.1) is 17.2 Å². The van der Waals surface area contributed by atoms with Crippen molar-refractivity contribution < 1.29 is 9.53 Å². The Morgan fingerprint density at radius 2 is 1.92 bits per heavy atom. The number of nitrogens with two attached hydrogens (primary N) is 1. The lowest BCUT2D eigenvalue weighted by Crippen LogP contribution is -2.42. The highest BCUT2D eigenvalue weighted by Gasteiger charge is 2.28. The molecule has 9 heteroatoms. The average molecular weight is 504 g/mol. The van der Waals surface area contributed by atoms with Crippen molar-refractivity contribution in [2.75, 3.05) is 18.8 Å². The van der Waals surface area contributed by atoms with Crippen LogP contribution in [0.15, 0.2) is 78.2 Å². The molecule has 0 aliphatic carbocycles. The van der Waals surface area contributed by atoms with E-state index in [9.17, 15) is 9.59 Å². The monoisotopic (exact) mass is 503 g/mol. The molecule has 1 saturated heterocycles. The number of carbonyl (C=O) groups is 1. The number of carbonyl (C=O) groups excluding carboxylic acids is 1. The van der Waals surface area contributed by atoms with Crippen LogP contribution in [0.25, 0.3) is 16.7 Å². The fourth-order valence-corrected chi connectivity index (χ4v) is 4.84. The minimum absolute atomic E-state index is 0.133. The molecular formula is C27H26ClN5O3. The van der Waals surface area contributed by atoms with Gasteiger partial charge < -0.3 is 15.4 Å². The number of halogens is 1. The average Bonchev–Trinajstić information content (AvgIpc) is 3.21. The predicted molar refractivity (Wildman–Crippen MR) is 141 cm³/mol. The van der Waals surface area contributed by atoms with E-state index in [1.165, 1.54) is 6.08 Å². The molecule has 0 radical (unpaired) electrons. The van der Waals surface area contributed by atoms with Gasteiger partial charge in [-0.25, -0.2) is 9.78 Å². The summed E-state index contributed by atoms with van der Waals surface area (Å²) in [5, 5.41) is 0.676. The summed E-state index contributed by atoms with van der Waals surface area (Å²) >= 11 is 5.94. The maximum atomic E-state index is 13.8. The van der Waals surface area contributed by atoms with E-state index >= 15 is 0 Å².